The highest BCUT2D eigenvalue weighted by Crippen LogP contribution is 2.13. The highest BCUT2D eigenvalue weighted by Gasteiger charge is 2.03. The molecule has 0 aliphatic heterocycles. The average molecular weight is 225 g/mol. The van der Waals surface area contributed by atoms with Crippen LogP contribution in [0.2, 0.25) is 5.15 Å². The second kappa shape index (κ2) is 3.82. The Bertz CT molecular complexity index is 480. The number of aryl methyl sites for hydroxylation is 2. The van der Waals surface area contributed by atoms with E-state index in [0.29, 0.717) is 16.8 Å². The summed E-state index contributed by atoms with van der Waals surface area (Å²) < 4.78 is 1.68. The Morgan fingerprint density at radius 2 is 2.20 bits per heavy atom. The van der Waals surface area contributed by atoms with E-state index in [1.54, 1.807) is 17.8 Å². The van der Waals surface area contributed by atoms with E-state index < -0.39 is 0 Å². The van der Waals surface area contributed by atoms with Gasteiger partial charge in [-0.1, -0.05) is 11.6 Å². The fourth-order valence-corrected chi connectivity index (χ4v) is 1.14. The Hall–Kier alpha value is -1.69. The molecule has 0 saturated heterocycles. The fraction of sp³-hybridized carbons (Fsp3) is 0.250. The summed E-state index contributed by atoms with van der Waals surface area (Å²) in [5.74, 6) is 0.407. The number of anilines is 2. The minimum Gasteiger partial charge on any atom is -0.320 e. The summed E-state index contributed by atoms with van der Waals surface area (Å²) >= 11 is 5.71. The van der Waals surface area contributed by atoms with Gasteiger partial charge in [-0.05, 0) is 6.92 Å². The van der Waals surface area contributed by atoms with Gasteiger partial charge in [-0.15, -0.1) is 10.2 Å². The van der Waals surface area contributed by atoms with Gasteiger partial charge in [0.25, 0.3) is 0 Å². The fourth-order valence-electron chi connectivity index (χ4n) is 1.06. The summed E-state index contributed by atoms with van der Waals surface area (Å²) in [6.07, 6.45) is 3.49. The van der Waals surface area contributed by atoms with Crippen LogP contribution in [0, 0.1) is 6.92 Å². The number of nitrogens with one attached hydrogen (secondary N) is 1. The second-order valence-electron chi connectivity index (χ2n) is 3.04. The smallest absolute Gasteiger partial charge is 0.247 e. The van der Waals surface area contributed by atoms with Gasteiger partial charge in [0, 0.05) is 13.2 Å². The molecule has 7 heteroatoms. The average Bonchev–Trinajstić information content (AvgIpc) is 2.58. The molecular formula is C8H9ClN6. The highest BCUT2D eigenvalue weighted by atomic mass is 35.5. The van der Waals surface area contributed by atoms with Gasteiger partial charge >= 0.3 is 0 Å². The number of hydrogen-bond donors (Lipinski definition) is 1. The Morgan fingerprint density at radius 1 is 1.40 bits per heavy atom. The van der Waals surface area contributed by atoms with Gasteiger partial charge in [-0.2, -0.15) is 5.10 Å². The Labute approximate surface area is 91.3 Å². The molecule has 1 N–H and O–H groups in total. The Morgan fingerprint density at radius 3 is 2.80 bits per heavy atom. The first kappa shape index (κ1) is 9.85. The highest BCUT2D eigenvalue weighted by molar-refractivity contribution is 6.29. The van der Waals surface area contributed by atoms with Crippen LogP contribution < -0.4 is 5.32 Å². The van der Waals surface area contributed by atoms with Crippen molar-refractivity contribution in [2.75, 3.05) is 5.32 Å². The summed E-state index contributed by atoms with van der Waals surface area (Å²) in [5, 5.41) is 14.8. The zero-order valence-corrected chi connectivity index (χ0v) is 9.02. The van der Waals surface area contributed by atoms with Gasteiger partial charge in [0.15, 0.2) is 5.15 Å². The lowest BCUT2D eigenvalue weighted by molar-refractivity contribution is 0.768. The van der Waals surface area contributed by atoms with E-state index in [0.717, 1.165) is 5.69 Å². The molecule has 0 spiro atoms. The first-order chi connectivity index (χ1) is 7.15. The molecule has 0 aliphatic rings. The van der Waals surface area contributed by atoms with Gasteiger partial charge in [0.2, 0.25) is 5.95 Å². The van der Waals surface area contributed by atoms with Gasteiger partial charge in [0.05, 0.1) is 17.6 Å². The summed E-state index contributed by atoms with van der Waals surface area (Å²) in [6, 6.07) is 0. The molecule has 0 radical (unpaired) electrons. The number of aromatic nitrogens is 5. The van der Waals surface area contributed by atoms with E-state index in [1.165, 1.54) is 0 Å². The van der Waals surface area contributed by atoms with Crippen molar-refractivity contribution in [3.05, 3.63) is 23.2 Å². The van der Waals surface area contributed by atoms with Gasteiger partial charge in [-0.3, -0.25) is 4.68 Å². The van der Waals surface area contributed by atoms with Crippen LogP contribution in [0.15, 0.2) is 12.4 Å². The van der Waals surface area contributed by atoms with Crippen LogP contribution in [0.4, 0.5) is 11.6 Å². The molecule has 2 rings (SSSR count). The third-order valence-corrected chi connectivity index (χ3v) is 2.11. The van der Waals surface area contributed by atoms with Gasteiger partial charge in [-0.25, -0.2) is 4.98 Å². The standard InChI is InChI=1S/C8H9ClN6/c1-5-7(9)13-14-8(11-5)12-6-3-10-15(2)4-6/h3-4H,1-2H3,(H,11,12,14). The molecule has 0 fully saturated rings. The monoisotopic (exact) mass is 224 g/mol. The first-order valence-corrected chi connectivity index (χ1v) is 4.65. The van der Waals surface area contributed by atoms with Crippen LogP contribution in [0.25, 0.3) is 0 Å². The molecule has 0 saturated carbocycles. The van der Waals surface area contributed by atoms with Crippen molar-refractivity contribution in [1.82, 2.24) is 25.0 Å². The maximum atomic E-state index is 5.71. The van der Waals surface area contributed by atoms with E-state index in [9.17, 15) is 0 Å². The van der Waals surface area contributed by atoms with Crippen LogP contribution in [0.1, 0.15) is 5.69 Å². The lowest BCUT2D eigenvalue weighted by Crippen LogP contribution is -2.00. The predicted molar refractivity (Wildman–Crippen MR) is 56.1 cm³/mol. The van der Waals surface area contributed by atoms with E-state index in [1.807, 2.05) is 13.2 Å². The quantitative estimate of drug-likeness (QED) is 0.833. The van der Waals surface area contributed by atoms with Gasteiger partial charge in [0.1, 0.15) is 0 Å². The lowest BCUT2D eigenvalue weighted by Gasteiger charge is -2.01. The summed E-state index contributed by atoms with van der Waals surface area (Å²) in [5.41, 5.74) is 1.44. The molecule has 2 heterocycles. The number of rotatable bonds is 2. The SMILES string of the molecule is Cc1nc(Nc2cnn(C)c2)nnc1Cl. The van der Waals surface area contributed by atoms with Crippen LogP contribution in [-0.4, -0.2) is 25.0 Å². The summed E-state index contributed by atoms with van der Waals surface area (Å²) in [4.78, 5) is 4.12. The second-order valence-corrected chi connectivity index (χ2v) is 3.40. The minimum atomic E-state index is 0.312. The third-order valence-electron chi connectivity index (χ3n) is 1.77. The van der Waals surface area contributed by atoms with E-state index in [4.69, 9.17) is 11.6 Å². The zero-order chi connectivity index (χ0) is 10.8. The maximum absolute atomic E-state index is 5.71. The largest absolute Gasteiger partial charge is 0.320 e. The lowest BCUT2D eigenvalue weighted by atomic mass is 10.5. The molecule has 0 unspecified atom stereocenters. The van der Waals surface area contributed by atoms with E-state index >= 15 is 0 Å². The predicted octanol–water partition coefficient (Wildman–Crippen LogP) is 1.31. The summed E-state index contributed by atoms with van der Waals surface area (Å²) in [6.45, 7) is 1.77. The molecule has 2 aromatic rings. The first-order valence-electron chi connectivity index (χ1n) is 4.27. The molecule has 6 nitrogen and oxygen atoms in total. The molecule has 0 atom stereocenters. The van der Waals surface area contributed by atoms with Crippen LogP contribution in [0.3, 0.4) is 0 Å². The van der Waals surface area contributed by atoms with Crippen molar-refractivity contribution >= 4 is 23.2 Å². The molecule has 78 valence electrons. The minimum absolute atomic E-state index is 0.312. The van der Waals surface area contributed by atoms with E-state index in [2.05, 4.69) is 25.6 Å². The van der Waals surface area contributed by atoms with Crippen molar-refractivity contribution in [3.8, 4) is 0 Å². The molecule has 15 heavy (non-hydrogen) atoms. The van der Waals surface area contributed by atoms with Crippen molar-refractivity contribution in [2.24, 2.45) is 7.05 Å². The number of halogens is 1. The van der Waals surface area contributed by atoms with Crippen molar-refractivity contribution < 1.29 is 0 Å². The Balaban J connectivity index is 2.21. The van der Waals surface area contributed by atoms with Gasteiger partial charge < -0.3 is 5.32 Å². The Kier molecular flexibility index (Phi) is 2.51. The zero-order valence-electron chi connectivity index (χ0n) is 8.27. The van der Waals surface area contributed by atoms with Crippen LogP contribution >= 0.6 is 11.6 Å². The molecule has 0 bridgehead atoms. The number of hydrogen-bond acceptors (Lipinski definition) is 5. The van der Waals surface area contributed by atoms with Crippen LogP contribution in [0.5, 0.6) is 0 Å². The molecule has 0 aromatic carbocycles. The van der Waals surface area contributed by atoms with Crippen molar-refractivity contribution in [2.45, 2.75) is 6.92 Å². The maximum Gasteiger partial charge on any atom is 0.247 e. The van der Waals surface area contributed by atoms with E-state index in [-0.39, 0.29) is 0 Å². The molecule has 0 amide bonds. The molecule has 0 aliphatic carbocycles. The summed E-state index contributed by atoms with van der Waals surface area (Å²) in [7, 11) is 1.83. The molecule has 2 aromatic heterocycles. The topological polar surface area (TPSA) is 68.5 Å². The van der Waals surface area contributed by atoms with Crippen LogP contribution in [-0.2, 0) is 7.05 Å². The van der Waals surface area contributed by atoms with Crippen molar-refractivity contribution in [1.29, 1.82) is 0 Å². The normalized spacial score (nSPS) is 10.3. The third kappa shape index (κ3) is 2.21. The molecular weight excluding hydrogens is 216 g/mol. The number of nitrogens with zero attached hydrogens (tertiary/aromatic N) is 5. The van der Waals surface area contributed by atoms with Crippen molar-refractivity contribution in [3.63, 3.8) is 0 Å².